The first kappa shape index (κ1) is 14.7. The molecule has 21 heavy (non-hydrogen) atoms. The van der Waals surface area contributed by atoms with Crippen LogP contribution in [0.5, 0.6) is 0 Å². The Bertz CT molecular complexity index is 539. The van der Waals surface area contributed by atoms with Crippen LogP contribution in [-0.2, 0) is 4.74 Å². The molecule has 2 unspecified atom stereocenters. The molecule has 0 aliphatic heterocycles. The lowest BCUT2D eigenvalue weighted by Crippen LogP contribution is -2.29. The minimum Gasteiger partial charge on any atom is -0.397 e. The van der Waals surface area contributed by atoms with E-state index in [1.807, 2.05) is 0 Å². The third-order valence-corrected chi connectivity index (χ3v) is 5.63. The molecule has 0 radical (unpaired) electrons. The highest BCUT2D eigenvalue weighted by atomic mass is 32.1. The molecule has 4 N–H and O–H groups in total. The van der Waals surface area contributed by atoms with Gasteiger partial charge in [-0.05, 0) is 38.0 Å². The summed E-state index contributed by atoms with van der Waals surface area (Å²) in [6, 6.07) is 0.322. The van der Waals surface area contributed by atoms with Gasteiger partial charge in [-0.3, -0.25) is 4.79 Å². The van der Waals surface area contributed by atoms with Crippen LogP contribution in [0.2, 0.25) is 0 Å². The number of nitrogen functional groups attached to an aromatic ring is 1. The number of rotatable bonds is 5. The molecule has 2 saturated carbocycles. The fourth-order valence-electron chi connectivity index (χ4n) is 3.17. The van der Waals surface area contributed by atoms with E-state index in [2.05, 4.69) is 10.6 Å². The van der Waals surface area contributed by atoms with Crippen molar-refractivity contribution in [3.8, 4) is 0 Å². The molecular formula is C15H23N3O2S. The maximum Gasteiger partial charge on any atom is 0.263 e. The Morgan fingerprint density at radius 2 is 2.10 bits per heavy atom. The Kier molecular flexibility index (Phi) is 4.08. The Hall–Kier alpha value is -1.27. The van der Waals surface area contributed by atoms with Gasteiger partial charge in [0.1, 0.15) is 4.88 Å². The molecule has 1 aromatic heterocycles. The highest BCUT2D eigenvalue weighted by Gasteiger charge is 2.35. The number of carbonyl (C=O) groups excluding carboxylic acids is 1. The van der Waals surface area contributed by atoms with Crippen LogP contribution in [0.3, 0.4) is 0 Å². The number of nitrogens with two attached hydrogens (primary N) is 1. The van der Waals surface area contributed by atoms with Gasteiger partial charge < -0.3 is 21.1 Å². The van der Waals surface area contributed by atoms with E-state index in [0.29, 0.717) is 22.5 Å². The quantitative estimate of drug-likeness (QED) is 0.781. The minimum atomic E-state index is -0.0952. The van der Waals surface area contributed by atoms with E-state index >= 15 is 0 Å². The molecule has 3 rings (SSSR count). The number of anilines is 2. The smallest absolute Gasteiger partial charge is 0.263 e. The third-order valence-electron chi connectivity index (χ3n) is 4.47. The lowest BCUT2D eigenvalue weighted by molar-refractivity contribution is 0.0968. The van der Waals surface area contributed by atoms with Gasteiger partial charge in [-0.25, -0.2) is 0 Å². The molecule has 2 atom stereocenters. The number of ether oxygens (including phenoxy) is 1. The van der Waals surface area contributed by atoms with Crippen LogP contribution >= 0.6 is 11.3 Å². The molecule has 1 heterocycles. The van der Waals surface area contributed by atoms with Gasteiger partial charge in [0.25, 0.3) is 5.91 Å². The van der Waals surface area contributed by atoms with E-state index in [9.17, 15) is 4.79 Å². The molecular weight excluding hydrogens is 286 g/mol. The van der Waals surface area contributed by atoms with E-state index in [-0.39, 0.29) is 12.0 Å². The first-order chi connectivity index (χ1) is 10.2. The van der Waals surface area contributed by atoms with E-state index in [1.165, 1.54) is 30.6 Å². The summed E-state index contributed by atoms with van der Waals surface area (Å²) >= 11 is 1.48. The van der Waals surface area contributed by atoms with E-state index < -0.39 is 0 Å². The molecule has 116 valence electrons. The van der Waals surface area contributed by atoms with Gasteiger partial charge in [0.15, 0.2) is 0 Å². The molecule has 2 fully saturated rings. The molecule has 0 saturated heterocycles. The Labute approximate surface area is 129 Å². The summed E-state index contributed by atoms with van der Waals surface area (Å²) in [7, 11) is 3.41. The predicted octanol–water partition coefficient (Wildman–Crippen LogP) is 2.55. The normalized spacial score (nSPS) is 25.0. The van der Waals surface area contributed by atoms with Crippen molar-refractivity contribution < 1.29 is 9.53 Å². The molecule has 2 aliphatic rings. The van der Waals surface area contributed by atoms with Crippen LogP contribution in [0.25, 0.3) is 0 Å². The average molecular weight is 309 g/mol. The fraction of sp³-hybridized carbons (Fsp3) is 0.667. The zero-order chi connectivity index (χ0) is 15.0. The largest absolute Gasteiger partial charge is 0.397 e. The van der Waals surface area contributed by atoms with Gasteiger partial charge in [0.05, 0.1) is 22.8 Å². The third kappa shape index (κ3) is 2.74. The minimum absolute atomic E-state index is 0.0952. The Morgan fingerprint density at radius 3 is 2.71 bits per heavy atom. The maximum absolute atomic E-state index is 12.0. The maximum atomic E-state index is 12.0. The zero-order valence-corrected chi connectivity index (χ0v) is 13.4. The van der Waals surface area contributed by atoms with Crippen molar-refractivity contribution in [3.63, 3.8) is 0 Å². The molecule has 2 aliphatic carbocycles. The van der Waals surface area contributed by atoms with Crippen LogP contribution in [0.4, 0.5) is 10.7 Å². The first-order valence-corrected chi connectivity index (χ1v) is 8.41. The highest BCUT2D eigenvalue weighted by molar-refractivity contribution is 7.18. The molecule has 6 heteroatoms. The molecule has 0 aromatic carbocycles. The Balaban J connectivity index is 1.88. The van der Waals surface area contributed by atoms with E-state index in [1.54, 1.807) is 14.2 Å². The summed E-state index contributed by atoms with van der Waals surface area (Å²) in [5.74, 6) is 0.423. The molecule has 0 spiro atoms. The summed E-state index contributed by atoms with van der Waals surface area (Å²) in [6.45, 7) is 0. The standard InChI is InChI=1S/C15H23N3O2S/c1-17-14(19)13-12(16)11(8-6-7-8)15(21-13)18-9-4-3-5-10(9)20-2/h8-10,18H,3-7,16H2,1-2H3,(H,17,19). The van der Waals surface area contributed by atoms with Crippen molar-refractivity contribution in [1.82, 2.24) is 5.32 Å². The van der Waals surface area contributed by atoms with Crippen molar-refractivity contribution in [2.24, 2.45) is 0 Å². The van der Waals surface area contributed by atoms with Gasteiger partial charge in [0, 0.05) is 19.7 Å². The number of hydrogen-bond acceptors (Lipinski definition) is 5. The zero-order valence-electron chi connectivity index (χ0n) is 12.6. The van der Waals surface area contributed by atoms with Crippen LogP contribution in [0.1, 0.15) is 53.3 Å². The monoisotopic (exact) mass is 309 g/mol. The van der Waals surface area contributed by atoms with Gasteiger partial charge in [0.2, 0.25) is 0 Å². The molecule has 5 nitrogen and oxygen atoms in total. The van der Waals surface area contributed by atoms with Crippen LogP contribution in [0.15, 0.2) is 0 Å². The van der Waals surface area contributed by atoms with Crippen LogP contribution in [-0.4, -0.2) is 32.2 Å². The number of methoxy groups -OCH3 is 1. The summed E-state index contributed by atoms with van der Waals surface area (Å²) in [6.07, 6.45) is 5.97. The van der Waals surface area contributed by atoms with Crippen molar-refractivity contribution in [3.05, 3.63) is 10.4 Å². The van der Waals surface area contributed by atoms with Gasteiger partial charge in [-0.1, -0.05) is 0 Å². The number of hydrogen-bond donors (Lipinski definition) is 3. The van der Waals surface area contributed by atoms with Crippen molar-refractivity contribution >= 4 is 27.9 Å². The summed E-state index contributed by atoms with van der Waals surface area (Å²) in [5, 5.41) is 7.35. The molecule has 1 amide bonds. The summed E-state index contributed by atoms with van der Waals surface area (Å²) < 4.78 is 5.55. The topological polar surface area (TPSA) is 76.4 Å². The summed E-state index contributed by atoms with van der Waals surface area (Å²) in [5.41, 5.74) is 8.06. The lowest BCUT2D eigenvalue weighted by atomic mass is 10.1. The Morgan fingerprint density at radius 1 is 1.33 bits per heavy atom. The second-order valence-corrected chi connectivity index (χ2v) is 6.92. The van der Waals surface area contributed by atoms with Crippen molar-refractivity contribution in [1.29, 1.82) is 0 Å². The highest BCUT2D eigenvalue weighted by Crippen LogP contribution is 2.51. The van der Waals surface area contributed by atoms with Crippen molar-refractivity contribution in [2.75, 3.05) is 25.2 Å². The average Bonchev–Trinajstić information content (AvgIpc) is 3.13. The number of nitrogens with one attached hydrogen (secondary N) is 2. The van der Waals surface area contributed by atoms with Crippen LogP contribution in [0, 0.1) is 0 Å². The SMILES string of the molecule is CNC(=O)c1sc(NC2CCCC2OC)c(C2CC2)c1N. The van der Waals surface area contributed by atoms with E-state index in [0.717, 1.165) is 23.4 Å². The fourth-order valence-corrected chi connectivity index (χ4v) is 4.38. The lowest BCUT2D eigenvalue weighted by Gasteiger charge is -2.20. The second-order valence-electron chi connectivity index (χ2n) is 5.90. The van der Waals surface area contributed by atoms with Crippen LogP contribution < -0.4 is 16.4 Å². The summed E-state index contributed by atoms with van der Waals surface area (Å²) in [4.78, 5) is 12.6. The van der Waals surface area contributed by atoms with Crippen molar-refractivity contribution in [2.45, 2.75) is 50.2 Å². The molecule has 0 bridgehead atoms. The first-order valence-electron chi connectivity index (χ1n) is 7.59. The van der Waals surface area contributed by atoms with Gasteiger partial charge >= 0.3 is 0 Å². The van der Waals surface area contributed by atoms with Gasteiger partial charge in [-0.2, -0.15) is 0 Å². The number of carbonyl (C=O) groups is 1. The number of amides is 1. The second kappa shape index (κ2) is 5.85. The van der Waals surface area contributed by atoms with E-state index in [4.69, 9.17) is 10.5 Å². The molecule has 1 aromatic rings. The van der Waals surface area contributed by atoms with Gasteiger partial charge in [-0.15, -0.1) is 11.3 Å². The predicted molar refractivity (Wildman–Crippen MR) is 86.2 cm³/mol. The number of thiophene rings is 1.